The van der Waals surface area contributed by atoms with Crippen LogP contribution < -0.4 is 0 Å². The molecule has 2 unspecified atom stereocenters. The lowest BCUT2D eigenvalue weighted by atomic mass is 9.48. The number of fused-ring (bicyclic) bond motifs is 6. The van der Waals surface area contributed by atoms with Crippen molar-refractivity contribution in [3.8, 4) is 0 Å². The molecule has 0 aromatic carbocycles. The van der Waals surface area contributed by atoms with Crippen molar-refractivity contribution in [1.29, 1.82) is 0 Å². The maximum absolute atomic E-state index is 14.0. The molecule has 2 aliphatic carbocycles. The third-order valence-corrected chi connectivity index (χ3v) is 11.7. The minimum atomic E-state index is -2.17. The molecule has 234 valence electrons. The maximum Gasteiger partial charge on any atom is 0.335 e. The first-order valence-electron chi connectivity index (χ1n) is 15.0. The zero-order valence-electron chi connectivity index (χ0n) is 25.2. The van der Waals surface area contributed by atoms with E-state index in [1.54, 1.807) is 26.8 Å². The first-order valence-corrected chi connectivity index (χ1v) is 15.0. The van der Waals surface area contributed by atoms with Crippen LogP contribution in [-0.2, 0) is 38.1 Å². The van der Waals surface area contributed by atoms with Crippen LogP contribution in [-0.4, -0.2) is 76.1 Å². The standard InChI is InChI=1S/C32H40O11/c1-7-15(2)25(36)28(37)42-27-26-24(16(3)32(38)20(33)10-18(31(27,32)6)17-8-9-39-13-17)30(5)19-11-22(34)40-14-29(19,4)43-23(35)12-21(30)41-26/h8-9,13,15,18-19,21,24-27,36,38H,3,7,10-12,14H2,1-2,4-6H3/t15?,18-,19-,21-,24+,25?,26+,27-,29+,30+,31+,32+/m0/s1. The Morgan fingerprint density at radius 3 is 2.53 bits per heavy atom. The highest BCUT2D eigenvalue weighted by molar-refractivity contribution is 5.96. The molecule has 11 nitrogen and oxygen atoms in total. The van der Waals surface area contributed by atoms with Gasteiger partial charge in [-0.1, -0.05) is 40.7 Å². The molecule has 0 amide bonds. The van der Waals surface area contributed by atoms with Crippen LogP contribution in [0.3, 0.4) is 0 Å². The molecule has 11 heteroatoms. The fourth-order valence-corrected chi connectivity index (χ4v) is 9.07. The molecular weight excluding hydrogens is 560 g/mol. The van der Waals surface area contributed by atoms with Gasteiger partial charge in [0.1, 0.15) is 24.4 Å². The number of esters is 3. The molecule has 3 aliphatic heterocycles. The molecule has 5 fully saturated rings. The van der Waals surface area contributed by atoms with Crippen molar-refractivity contribution in [3.63, 3.8) is 0 Å². The Bertz CT molecular complexity index is 1370. The summed E-state index contributed by atoms with van der Waals surface area (Å²) in [4.78, 5) is 53.4. The number of Topliss-reactive ketones (excluding diaryl/α,β-unsaturated/α-hetero) is 1. The van der Waals surface area contributed by atoms with Gasteiger partial charge in [0.05, 0.1) is 36.9 Å². The summed E-state index contributed by atoms with van der Waals surface area (Å²) >= 11 is 0. The summed E-state index contributed by atoms with van der Waals surface area (Å²) in [5.41, 5.74) is -5.10. The summed E-state index contributed by atoms with van der Waals surface area (Å²) in [5.74, 6) is -4.92. The largest absolute Gasteiger partial charge is 0.472 e. The smallest absolute Gasteiger partial charge is 0.335 e. The van der Waals surface area contributed by atoms with Gasteiger partial charge >= 0.3 is 17.9 Å². The van der Waals surface area contributed by atoms with Gasteiger partial charge < -0.3 is 33.6 Å². The number of hydrogen-bond acceptors (Lipinski definition) is 11. The Kier molecular flexibility index (Phi) is 6.80. The van der Waals surface area contributed by atoms with Crippen LogP contribution in [0.25, 0.3) is 0 Å². The maximum atomic E-state index is 14.0. The summed E-state index contributed by atoms with van der Waals surface area (Å²) in [6.45, 7) is 13.0. The number of cyclic esters (lactones) is 1. The van der Waals surface area contributed by atoms with E-state index in [-0.39, 0.29) is 31.4 Å². The predicted molar refractivity (Wildman–Crippen MR) is 147 cm³/mol. The van der Waals surface area contributed by atoms with E-state index in [9.17, 15) is 29.4 Å². The van der Waals surface area contributed by atoms with Crippen molar-refractivity contribution in [2.24, 2.45) is 28.6 Å². The van der Waals surface area contributed by atoms with Crippen LogP contribution in [0.4, 0.5) is 0 Å². The Morgan fingerprint density at radius 1 is 1.16 bits per heavy atom. The SMILES string of the molecule is C=C1[C@@H]2[C@@H](O[C@H]3CC(=O)O[C@]4(C)COC(=O)C[C@@H]4[C@]32C)[C@H](OC(=O)C(O)C(C)CC)[C@@]2(C)[C@H](c3ccoc3)CC(=O)[C@]12O. The van der Waals surface area contributed by atoms with Crippen molar-refractivity contribution in [2.75, 3.05) is 6.61 Å². The molecule has 2 N–H and O–H groups in total. The van der Waals surface area contributed by atoms with E-state index in [1.807, 2.05) is 13.8 Å². The molecule has 3 saturated heterocycles. The van der Waals surface area contributed by atoms with Crippen LogP contribution in [0, 0.1) is 28.6 Å². The number of ether oxygens (including phenoxy) is 4. The molecule has 0 radical (unpaired) electrons. The molecule has 4 heterocycles. The molecule has 1 aromatic rings. The second-order valence-corrected chi connectivity index (χ2v) is 13.8. The second kappa shape index (κ2) is 9.74. The lowest BCUT2D eigenvalue weighted by Gasteiger charge is -2.58. The summed E-state index contributed by atoms with van der Waals surface area (Å²) in [6.07, 6.45) is -1.35. The van der Waals surface area contributed by atoms with Crippen LogP contribution in [0.2, 0.25) is 0 Å². The highest BCUT2D eigenvalue weighted by Gasteiger charge is 2.79. The van der Waals surface area contributed by atoms with E-state index in [2.05, 4.69) is 6.58 Å². The summed E-state index contributed by atoms with van der Waals surface area (Å²) in [5, 5.41) is 23.5. The highest BCUT2D eigenvalue weighted by Crippen LogP contribution is 2.70. The van der Waals surface area contributed by atoms with E-state index in [1.165, 1.54) is 12.5 Å². The lowest BCUT2D eigenvalue weighted by molar-refractivity contribution is -0.216. The van der Waals surface area contributed by atoms with E-state index >= 15 is 0 Å². The monoisotopic (exact) mass is 600 g/mol. The van der Waals surface area contributed by atoms with Crippen molar-refractivity contribution in [1.82, 2.24) is 0 Å². The number of carbonyl (C=O) groups excluding carboxylic acids is 4. The molecule has 2 saturated carbocycles. The zero-order valence-corrected chi connectivity index (χ0v) is 25.2. The quantitative estimate of drug-likeness (QED) is 0.291. The van der Waals surface area contributed by atoms with Crippen molar-refractivity contribution in [2.45, 2.75) is 102 Å². The fourth-order valence-electron chi connectivity index (χ4n) is 9.07. The topological polar surface area (TPSA) is 159 Å². The van der Waals surface area contributed by atoms with Gasteiger partial charge in [-0.2, -0.15) is 0 Å². The van der Waals surface area contributed by atoms with Gasteiger partial charge in [0.25, 0.3) is 0 Å². The van der Waals surface area contributed by atoms with Crippen LogP contribution in [0.15, 0.2) is 35.2 Å². The second-order valence-electron chi connectivity index (χ2n) is 13.8. The predicted octanol–water partition coefficient (Wildman–Crippen LogP) is 2.62. The van der Waals surface area contributed by atoms with Crippen LogP contribution in [0.5, 0.6) is 0 Å². The molecule has 6 rings (SSSR count). The van der Waals surface area contributed by atoms with Crippen LogP contribution in [0.1, 0.15) is 71.8 Å². The first kappa shape index (κ1) is 30.0. The number of rotatable bonds is 5. The third-order valence-electron chi connectivity index (χ3n) is 11.7. The van der Waals surface area contributed by atoms with Gasteiger partial charge in [-0.05, 0) is 30.0 Å². The average molecular weight is 601 g/mol. The number of carbonyl (C=O) groups is 4. The van der Waals surface area contributed by atoms with E-state index < -0.39 is 93.8 Å². The number of furan rings is 1. The van der Waals surface area contributed by atoms with Crippen molar-refractivity contribution in [3.05, 3.63) is 36.3 Å². The van der Waals surface area contributed by atoms with Gasteiger partial charge in [-0.15, -0.1) is 0 Å². The molecule has 5 aliphatic rings. The molecule has 12 atom stereocenters. The zero-order chi connectivity index (χ0) is 31.3. The lowest BCUT2D eigenvalue weighted by Crippen LogP contribution is -2.68. The van der Waals surface area contributed by atoms with Gasteiger partial charge in [0.2, 0.25) is 0 Å². The third kappa shape index (κ3) is 3.83. The van der Waals surface area contributed by atoms with Gasteiger partial charge in [0.15, 0.2) is 17.5 Å². The molecule has 1 aromatic heterocycles. The number of aliphatic hydroxyl groups excluding tert-OH is 1. The van der Waals surface area contributed by atoms with Crippen molar-refractivity contribution >= 4 is 23.7 Å². The highest BCUT2D eigenvalue weighted by atomic mass is 16.6. The average Bonchev–Trinajstić information content (AvgIpc) is 3.63. The Hall–Kier alpha value is -3.02. The number of hydrogen-bond donors (Lipinski definition) is 2. The van der Waals surface area contributed by atoms with E-state index in [4.69, 9.17) is 23.4 Å². The normalized spacial score (nSPS) is 45.1. The van der Waals surface area contributed by atoms with Gasteiger partial charge in [-0.3, -0.25) is 14.4 Å². The van der Waals surface area contributed by atoms with E-state index in [0.717, 1.165) is 0 Å². The number of aliphatic hydroxyl groups is 2. The molecule has 0 spiro atoms. The Labute approximate surface area is 249 Å². The number of ketones is 1. The Morgan fingerprint density at radius 2 is 1.88 bits per heavy atom. The summed E-state index contributed by atoms with van der Waals surface area (Å²) in [6, 6.07) is 1.70. The molecular formula is C32H40O11. The molecule has 43 heavy (non-hydrogen) atoms. The molecule has 0 bridgehead atoms. The van der Waals surface area contributed by atoms with Gasteiger partial charge in [-0.25, -0.2) is 4.79 Å². The minimum absolute atomic E-state index is 0.0812. The van der Waals surface area contributed by atoms with Crippen LogP contribution >= 0.6 is 0 Å². The summed E-state index contributed by atoms with van der Waals surface area (Å²) in [7, 11) is 0. The first-order chi connectivity index (χ1) is 20.1. The van der Waals surface area contributed by atoms with Crippen molar-refractivity contribution < 1.29 is 52.8 Å². The summed E-state index contributed by atoms with van der Waals surface area (Å²) < 4.78 is 29.4. The minimum Gasteiger partial charge on any atom is -0.472 e. The van der Waals surface area contributed by atoms with Gasteiger partial charge in [0, 0.05) is 29.6 Å². The fraction of sp³-hybridized carbons (Fsp3) is 0.688. The van der Waals surface area contributed by atoms with E-state index in [0.29, 0.717) is 12.0 Å². The Balaban J connectivity index is 1.54.